The van der Waals surface area contributed by atoms with Crippen molar-refractivity contribution in [3.63, 3.8) is 0 Å². The van der Waals surface area contributed by atoms with Crippen molar-refractivity contribution in [1.82, 2.24) is 9.62 Å². The standard InChI is InChI=1S/C14H20ClN3O4S/c1-3-17-6-4-5-11(9-17)16-23(21,22)12-7-13(15)10(2)14(8-12)18(19)20/h7-8,11,16H,3-6,9H2,1-2H3. The number of nitrogens with one attached hydrogen (secondary N) is 1. The molecule has 1 unspecified atom stereocenters. The Hall–Kier alpha value is -1.22. The van der Waals surface area contributed by atoms with Gasteiger partial charge in [-0.15, -0.1) is 0 Å². The molecule has 9 heteroatoms. The van der Waals surface area contributed by atoms with Gasteiger partial charge < -0.3 is 4.90 Å². The SMILES string of the molecule is CCN1CCCC(NS(=O)(=O)c2cc(Cl)c(C)c([N+](=O)[O-])c2)C1. The average Bonchev–Trinajstić information content (AvgIpc) is 2.49. The van der Waals surface area contributed by atoms with Gasteiger partial charge in [-0.25, -0.2) is 13.1 Å². The van der Waals surface area contributed by atoms with Crippen LogP contribution in [0, 0.1) is 17.0 Å². The average molecular weight is 362 g/mol. The van der Waals surface area contributed by atoms with Crippen LogP contribution in [0.5, 0.6) is 0 Å². The molecule has 0 aromatic heterocycles. The van der Waals surface area contributed by atoms with E-state index in [-0.39, 0.29) is 27.2 Å². The van der Waals surface area contributed by atoms with Gasteiger partial charge in [0.15, 0.2) is 0 Å². The minimum atomic E-state index is -3.85. The van der Waals surface area contributed by atoms with E-state index < -0.39 is 14.9 Å². The fourth-order valence-electron chi connectivity index (χ4n) is 2.71. The molecule has 0 amide bonds. The molecule has 0 bridgehead atoms. The molecule has 1 aliphatic heterocycles. The van der Waals surface area contributed by atoms with Crippen molar-refractivity contribution in [2.24, 2.45) is 0 Å². The highest BCUT2D eigenvalue weighted by molar-refractivity contribution is 7.89. The molecule has 23 heavy (non-hydrogen) atoms. The molecule has 0 spiro atoms. The van der Waals surface area contributed by atoms with Crippen molar-refractivity contribution < 1.29 is 13.3 Å². The minimum Gasteiger partial charge on any atom is -0.302 e. The van der Waals surface area contributed by atoms with E-state index in [4.69, 9.17) is 11.6 Å². The Morgan fingerprint density at radius 3 is 2.78 bits per heavy atom. The highest BCUT2D eigenvalue weighted by Crippen LogP contribution is 2.29. The van der Waals surface area contributed by atoms with Crippen LogP contribution in [0.2, 0.25) is 5.02 Å². The molecule has 128 valence electrons. The molecule has 1 N–H and O–H groups in total. The summed E-state index contributed by atoms with van der Waals surface area (Å²) in [6.45, 7) is 5.97. The number of rotatable bonds is 5. The summed E-state index contributed by atoms with van der Waals surface area (Å²) in [5.74, 6) is 0. The van der Waals surface area contributed by atoms with E-state index in [2.05, 4.69) is 9.62 Å². The largest absolute Gasteiger partial charge is 0.302 e. The molecular weight excluding hydrogens is 342 g/mol. The van der Waals surface area contributed by atoms with Crippen molar-refractivity contribution in [3.05, 3.63) is 32.8 Å². The van der Waals surface area contributed by atoms with Gasteiger partial charge in [-0.1, -0.05) is 18.5 Å². The van der Waals surface area contributed by atoms with E-state index in [0.717, 1.165) is 32.0 Å². The maximum Gasteiger partial charge on any atom is 0.275 e. The van der Waals surface area contributed by atoms with Crippen molar-refractivity contribution >= 4 is 27.3 Å². The summed E-state index contributed by atoms with van der Waals surface area (Å²) in [4.78, 5) is 12.4. The van der Waals surface area contributed by atoms with Gasteiger partial charge in [-0.05, 0) is 38.9 Å². The second-order valence-electron chi connectivity index (χ2n) is 5.66. The number of benzene rings is 1. The molecule has 1 aromatic rings. The second-order valence-corrected chi connectivity index (χ2v) is 7.78. The zero-order valence-electron chi connectivity index (χ0n) is 13.1. The number of nitro benzene ring substituents is 1. The molecular formula is C14H20ClN3O4S. The topological polar surface area (TPSA) is 92.6 Å². The van der Waals surface area contributed by atoms with Crippen LogP contribution < -0.4 is 4.72 Å². The Bertz CT molecular complexity index is 708. The van der Waals surface area contributed by atoms with Crippen LogP contribution in [0.3, 0.4) is 0 Å². The molecule has 1 saturated heterocycles. The third kappa shape index (κ3) is 4.20. The highest BCUT2D eigenvalue weighted by Gasteiger charge is 2.27. The van der Waals surface area contributed by atoms with Crippen LogP contribution in [-0.2, 0) is 10.0 Å². The zero-order chi connectivity index (χ0) is 17.2. The number of likely N-dealkylation sites (N-methyl/N-ethyl adjacent to an activating group) is 1. The number of nitro groups is 1. The Balaban J connectivity index is 2.27. The quantitative estimate of drug-likeness (QED) is 0.641. The van der Waals surface area contributed by atoms with Crippen molar-refractivity contribution in [3.8, 4) is 0 Å². The van der Waals surface area contributed by atoms with Gasteiger partial charge in [0.1, 0.15) is 0 Å². The lowest BCUT2D eigenvalue weighted by molar-refractivity contribution is -0.385. The summed E-state index contributed by atoms with van der Waals surface area (Å²) in [6.07, 6.45) is 1.66. The fraction of sp³-hybridized carbons (Fsp3) is 0.571. The molecule has 0 saturated carbocycles. The van der Waals surface area contributed by atoms with Gasteiger partial charge in [0.25, 0.3) is 5.69 Å². The van der Waals surface area contributed by atoms with Gasteiger partial charge in [0.2, 0.25) is 10.0 Å². The third-order valence-corrected chi connectivity index (χ3v) is 5.96. The van der Waals surface area contributed by atoms with Crippen LogP contribution in [0.1, 0.15) is 25.3 Å². The lowest BCUT2D eigenvalue weighted by Gasteiger charge is -2.32. The molecule has 7 nitrogen and oxygen atoms in total. The minimum absolute atomic E-state index is 0.0680. The Morgan fingerprint density at radius 1 is 1.48 bits per heavy atom. The molecule has 1 aromatic carbocycles. The van der Waals surface area contributed by atoms with Crippen molar-refractivity contribution in [2.45, 2.75) is 37.6 Å². The number of nitrogens with zero attached hydrogens (tertiary/aromatic N) is 2. The normalized spacial score (nSPS) is 19.7. The molecule has 1 atom stereocenters. The molecule has 1 heterocycles. The third-order valence-electron chi connectivity index (χ3n) is 4.07. The summed E-state index contributed by atoms with van der Waals surface area (Å²) < 4.78 is 27.7. The first-order valence-electron chi connectivity index (χ1n) is 7.43. The van der Waals surface area contributed by atoms with Crippen LogP contribution in [0.4, 0.5) is 5.69 Å². The summed E-state index contributed by atoms with van der Waals surface area (Å²) in [7, 11) is -3.85. The maximum absolute atomic E-state index is 12.5. The molecule has 1 aliphatic rings. The second kappa shape index (κ2) is 7.12. The van der Waals surface area contributed by atoms with Gasteiger partial charge in [0, 0.05) is 24.2 Å². The fourth-order valence-corrected chi connectivity index (χ4v) is 4.30. The Morgan fingerprint density at radius 2 is 2.17 bits per heavy atom. The van der Waals surface area contributed by atoms with Gasteiger partial charge in [0.05, 0.1) is 14.8 Å². The number of sulfonamides is 1. The van der Waals surface area contributed by atoms with E-state index in [1.54, 1.807) is 0 Å². The number of likely N-dealkylation sites (tertiary alicyclic amines) is 1. The van der Waals surface area contributed by atoms with E-state index in [9.17, 15) is 18.5 Å². The van der Waals surface area contributed by atoms with E-state index in [0.29, 0.717) is 6.54 Å². The Kier molecular flexibility index (Phi) is 5.61. The van der Waals surface area contributed by atoms with Crippen LogP contribution in [0.25, 0.3) is 0 Å². The van der Waals surface area contributed by atoms with Crippen molar-refractivity contribution in [1.29, 1.82) is 0 Å². The van der Waals surface area contributed by atoms with Gasteiger partial charge in [-0.3, -0.25) is 10.1 Å². The first kappa shape index (κ1) is 18.1. The summed E-state index contributed by atoms with van der Waals surface area (Å²) in [6, 6.07) is 2.11. The highest BCUT2D eigenvalue weighted by atomic mass is 35.5. The maximum atomic E-state index is 12.5. The first-order valence-corrected chi connectivity index (χ1v) is 9.30. The zero-order valence-corrected chi connectivity index (χ0v) is 14.7. The van der Waals surface area contributed by atoms with Gasteiger partial charge in [-0.2, -0.15) is 0 Å². The molecule has 2 rings (SSSR count). The lowest BCUT2D eigenvalue weighted by atomic mass is 10.1. The number of halogens is 1. The van der Waals surface area contributed by atoms with E-state index >= 15 is 0 Å². The van der Waals surface area contributed by atoms with E-state index in [1.165, 1.54) is 13.0 Å². The van der Waals surface area contributed by atoms with E-state index in [1.807, 2.05) is 6.92 Å². The number of hydrogen-bond donors (Lipinski definition) is 1. The molecule has 0 radical (unpaired) electrons. The lowest BCUT2D eigenvalue weighted by Crippen LogP contribution is -2.47. The van der Waals surface area contributed by atoms with Crippen LogP contribution in [0.15, 0.2) is 17.0 Å². The first-order chi connectivity index (χ1) is 10.7. The molecule has 1 fully saturated rings. The Labute approximate surface area is 140 Å². The van der Waals surface area contributed by atoms with Crippen LogP contribution in [-0.4, -0.2) is 43.9 Å². The summed E-state index contributed by atoms with van der Waals surface area (Å²) in [5.41, 5.74) is -0.0397. The van der Waals surface area contributed by atoms with Gasteiger partial charge >= 0.3 is 0 Å². The smallest absolute Gasteiger partial charge is 0.275 e. The number of hydrogen-bond acceptors (Lipinski definition) is 5. The van der Waals surface area contributed by atoms with Crippen molar-refractivity contribution in [2.75, 3.05) is 19.6 Å². The molecule has 0 aliphatic carbocycles. The monoisotopic (exact) mass is 361 g/mol. The predicted octanol–water partition coefficient (Wildman–Crippen LogP) is 2.32. The summed E-state index contributed by atoms with van der Waals surface area (Å²) >= 11 is 5.95. The summed E-state index contributed by atoms with van der Waals surface area (Å²) in [5, 5.41) is 11.1. The van der Waals surface area contributed by atoms with Crippen LogP contribution >= 0.6 is 11.6 Å². The predicted molar refractivity (Wildman–Crippen MR) is 88.3 cm³/mol. The number of piperidine rings is 1.